The number of carbonyl (C=O) groups is 1. The third kappa shape index (κ3) is 3.63. The normalized spacial score (nSPS) is 16.3. The van der Waals surface area contributed by atoms with Crippen LogP contribution < -0.4 is 15.8 Å². The molecule has 1 aromatic carbocycles. The lowest BCUT2D eigenvalue weighted by Crippen LogP contribution is -2.48. The number of anilines is 1. The molecule has 0 bridgehead atoms. The second-order valence-corrected chi connectivity index (χ2v) is 6.73. The molecule has 1 aromatic heterocycles. The van der Waals surface area contributed by atoms with Crippen LogP contribution in [-0.4, -0.2) is 38.8 Å². The van der Waals surface area contributed by atoms with Crippen molar-refractivity contribution in [1.82, 2.24) is 20.2 Å². The molecule has 134 valence electrons. The number of benzene rings is 1. The van der Waals surface area contributed by atoms with Crippen LogP contribution in [0.5, 0.6) is 5.75 Å². The summed E-state index contributed by atoms with van der Waals surface area (Å²) < 4.78 is 7.12. The minimum Gasteiger partial charge on any atom is -0.494 e. The van der Waals surface area contributed by atoms with E-state index in [-0.39, 0.29) is 5.91 Å². The molecular formula is C17H24N6O2. The van der Waals surface area contributed by atoms with E-state index in [2.05, 4.69) is 20.8 Å². The fourth-order valence-electron chi connectivity index (χ4n) is 2.80. The molecule has 0 spiro atoms. The van der Waals surface area contributed by atoms with Crippen LogP contribution in [0.15, 0.2) is 18.2 Å². The van der Waals surface area contributed by atoms with Gasteiger partial charge in [-0.2, -0.15) is 4.68 Å². The second-order valence-electron chi connectivity index (χ2n) is 6.73. The summed E-state index contributed by atoms with van der Waals surface area (Å²) in [5, 5.41) is 14.9. The van der Waals surface area contributed by atoms with E-state index in [1.165, 1.54) is 0 Å². The standard InChI is InChI=1S/C17H24N6O2/c1-4-9-17(2,18)16(24)19-12-7-8-14(25-3)13(10-12)23-15(11-5-6-11)20-21-22-23/h7-8,10-11H,4-6,9,18H2,1-3H3,(H,19,24). The summed E-state index contributed by atoms with van der Waals surface area (Å²) >= 11 is 0. The molecule has 2 aromatic rings. The summed E-state index contributed by atoms with van der Waals surface area (Å²) in [5.74, 6) is 1.62. The van der Waals surface area contributed by atoms with Crippen molar-refractivity contribution in [3.05, 3.63) is 24.0 Å². The molecule has 8 nitrogen and oxygen atoms in total. The van der Waals surface area contributed by atoms with Gasteiger partial charge in [0, 0.05) is 11.6 Å². The number of hydrogen-bond acceptors (Lipinski definition) is 6. The van der Waals surface area contributed by atoms with Crippen molar-refractivity contribution in [3.63, 3.8) is 0 Å². The average Bonchev–Trinajstić information content (AvgIpc) is 3.31. The maximum Gasteiger partial charge on any atom is 0.244 e. The number of carbonyl (C=O) groups excluding carboxylic acids is 1. The summed E-state index contributed by atoms with van der Waals surface area (Å²) in [6.07, 6.45) is 3.62. The molecule has 1 aliphatic rings. The fourth-order valence-corrected chi connectivity index (χ4v) is 2.80. The summed E-state index contributed by atoms with van der Waals surface area (Å²) in [4.78, 5) is 12.4. The largest absolute Gasteiger partial charge is 0.494 e. The molecule has 1 unspecified atom stereocenters. The van der Waals surface area contributed by atoms with Gasteiger partial charge in [-0.15, -0.1) is 5.10 Å². The average molecular weight is 344 g/mol. The van der Waals surface area contributed by atoms with Crippen LogP contribution in [0.1, 0.15) is 51.3 Å². The second kappa shape index (κ2) is 6.79. The van der Waals surface area contributed by atoms with Crippen LogP contribution in [0.4, 0.5) is 5.69 Å². The third-order valence-corrected chi connectivity index (χ3v) is 4.39. The number of nitrogens with two attached hydrogens (primary N) is 1. The van der Waals surface area contributed by atoms with E-state index in [0.717, 1.165) is 25.1 Å². The van der Waals surface area contributed by atoms with Crippen LogP contribution in [0, 0.1) is 0 Å². The predicted molar refractivity (Wildman–Crippen MR) is 93.8 cm³/mol. The molecule has 3 N–H and O–H groups in total. The van der Waals surface area contributed by atoms with Crippen molar-refractivity contribution in [3.8, 4) is 11.4 Å². The lowest BCUT2D eigenvalue weighted by Gasteiger charge is -2.23. The highest BCUT2D eigenvalue weighted by molar-refractivity contribution is 5.97. The Balaban J connectivity index is 1.90. The first-order valence-corrected chi connectivity index (χ1v) is 8.53. The van der Waals surface area contributed by atoms with E-state index in [1.807, 2.05) is 6.92 Å². The number of hydrogen-bond donors (Lipinski definition) is 2. The fraction of sp³-hybridized carbons (Fsp3) is 0.529. The van der Waals surface area contributed by atoms with Gasteiger partial charge in [0.15, 0.2) is 5.82 Å². The zero-order valence-corrected chi connectivity index (χ0v) is 14.8. The Bertz CT molecular complexity index is 766. The minimum atomic E-state index is -0.914. The highest BCUT2D eigenvalue weighted by Gasteiger charge is 2.31. The molecule has 25 heavy (non-hydrogen) atoms. The number of nitrogens with zero attached hydrogens (tertiary/aromatic N) is 4. The van der Waals surface area contributed by atoms with Crippen LogP contribution in [0.25, 0.3) is 5.69 Å². The predicted octanol–water partition coefficient (Wildman–Crippen LogP) is 2.00. The molecule has 1 saturated carbocycles. The quantitative estimate of drug-likeness (QED) is 0.795. The van der Waals surface area contributed by atoms with Gasteiger partial charge in [-0.25, -0.2) is 0 Å². The molecule has 8 heteroatoms. The number of methoxy groups -OCH3 is 1. The van der Waals surface area contributed by atoms with E-state index in [4.69, 9.17) is 10.5 Å². The summed E-state index contributed by atoms with van der Waals surface area (Å²) in [5.41, 5.74) is 6.52. The molecule has 0 saturated heterocycles. The monoisotopic (exact) mass is 344 g/mol. The number of ether oxygens (including phenoxy) is 1. The Labute approximate surface area is 146 Å². The SMILES string of the molecule is CCCC(C)(N)C(=O)Nc1ccc(OC)c(-n2nnnc2C2CC2)c1. The zero-order valence-electron chi connectivity index (χ0n) is 14.8. The number of nitrogens with one attached hydrogen (secondary N) is 1. The van der Waals surface area contributed by atoms with Gasteiger partial charge in [0.25, 0.3) is 0 Å². The lowest BCUT2D eigenvalue weighted by atomic mass is 9.96. The van der Waals surface area contributed by atoms with Gasteiger partial charge in [-0.1, -0.05) is 13.3 Å². The highest BCUT2D eigenvalue weighted by Crippen LogP contribution is 2.40. The van der Waals surface area contributed by atoms with Gasteiger partial charge in [0.2, 0.25) is 5.91 Å². The Morgan fingerprint density at radius 2 is 2.24 bits per heavy atom. The van der Waals surface area contributed by atoms with Crippen LogP contribution in [0.2, 0.25) is 0 Å². The molecule has 1 aliphatic carbocycles. The first kappa shape index (κ1) is 17.3. The maximum absolute atomic E-state index is 12.4. The lowest BCUT2D eigenvalue weighted by molar-refractivity contribution is -0.120. The van der Waals surface area contributed by atoms with E-state index in [9.17, 15) is 4.79 Å². The van der Waals surface area contributed by atoms with Gasteiger partial charge < -0.3 is 15.8 Å². The molecular weight excluding hydrogens is 320 g/mol. The number of rotatable bonds is 7. The van der Waals surface area contributed by atoms with Crippen LogP contribution >= 0.6 is 0 Å². The van der Waals surface area contributed by atoms with E-state index < -0.39 is 5.54 Å². The first-order chi connectivity index (χ1) is 12.0. The Morgan fingerprint density at radius 1 is 1.48 bits per heavy atom. The maximum atomic E-state index is 12.4. The van der Waals surface area contributed by atoms with Crippen molar-refractivity contribution < 1.29 is 9.53 Å². The van der Waals surface area contributed by atoms with Crippen molar-refractivity contribution in [1.29, 1.82) is 0 Å². The Hall–Kier alpha value is -2.48. The van der Waals surface area contributed by atoms with E-state index in [0.29, 0.717) is 29.5 Å². The molecule has 1 amide bonds. The first-order valence-electron chi connectivity index (χ1n) is 8.53. The summed E-state index contributed by atoms with van der Waals surface area (Å²) in [6, 6.07) is 5.38. The van der Waals surface area contributed by atoms with Crippen molar-refractivity contribution >= 4 is 11.6 Å². The van der Waals surface area contributed by atoms with Gasteiger partial charge in [0.05, 0.1) is 12.6 Å². The van der Waals surface area contributed by atoms with Gasteiger partial charge >= 0.3 is 0 Å². The number of aromatic nitrogens is 4. The Morgan fingerprint density at radius 3 is 2.88 bits per heavy atom. The number of amides is 1. The van der Waals surface area contributed by atoms with Crippen LogP contribution in [0.3, 0.4) is 0 Å². The summed E-state index contributed by atoms with van der Waals surface area (Å²) in [7, 11) is 1.59. The minimum absolute atomic E-state index is 0.218. The zero-order chi connectivity index (χ0) is 18.0. The van der Waals surface area contributed by atoms with Gasteiger partial charge in [0.1, 0.15) is 11.4 Å². The molecule has 1 atom stereocenters. The topological polar surface area (TPSA) is 108 Å². The third-order valence-electron chi connectivity index (χ3n) is 4.39. The summed E-state index contributed by atoms with van der Waals surface area (Å²) in [6.45, 7) is 3.74. The smallest absolute Gasteiger partial charge is 0.244 e. The highest BCUT2D eigenvalue weighted by atomic mass is 16.5. The van der Waals surface area contributed by atoms with E-state index >= 15 is 0 Å². The number of tetrazole rings is 1. The van der Waals surface area contributed by atoms with Crippen molar-refractivity contribution in [2.75, 3.05) is 12.4 Å². The molecule has 0 radical (unpaired) electrons. The van der Waals surface area contributed by atoms with Crippen molar-refractivity contribution in [2.45, 2.75) is 51.0 Å². The van der Waals surface area contributed by atoms with Gasteiger partial charge in [-0.05, 0) is 54.8 Å². The van der Waals surface area contributed by atoms with Gasteiger partial charge in [-0.3, -0.25) is 4.79 Å². The molecule has 1 heterocycles. The molecule has 1 fully saturated rings. The molecule has 0 aliphatic heterocycles. The molecule has 3 rings (SSSR count). The van der Waals surface area contributed by atoms with Crippen LogP contribution in [-0.2, 0) is 4.79 Å². The van der Waals surface area contributed by atoms with Crippen molar-refractivity contribution in [2.24, 2.45) is 5.73 Å². The van der Waals surface area contributed by atoms with E-state index in [1.54, 1.807) is 36.9 Å². The Kier molecular flexibility index (Phi) is 4.71.